The number of methoxy groups -OCH3 is 2. The lowest BCUT2D eigenvalue weighted by Gasteiger charge is -2.46. The number of amides is 1. The molecule has 5 rings (SSSR count). The molecule has 1 aromatic carbocycles. The van der Waals surface area contributed by atoms with Gasteiger partial charge in [0.25, 0.3) is 0 Å². The lowest BCUT2D eigenvalue weighted by Crippen LogP contribution is -2.67. The van der Waals surface area contributed by atoms with Crippen molar-refractivity contribution in [2.45, 2.75) is 24.9 Å². The summed E-state index contributed by atoms with van der Waals surface area (Å²) in [5.74, 6) is 2.65. The van der Waals surface area contributed by atoms with E-state index in [1.807, 2.05) is 29.2 Å². The zero-order valence-corrected chi connectivity index (χ0v) is 19.4. The topological polar surface area (TPSA) is 106 Å². The van der Waals surface area contributed by atoms with Crippen LogP contribution in [0.4, 0.5) is 5.95 Å². The van der Waals surface area contributed by atoms with Crippen LogP contribution in [0.5, 0.6) is 11.6 Å². The summed E-state index contributed by atoms with van der Waals surface area (Å²) < 4.78 is 16.2. The smallest absolute Gasteiger partial charge is 0.243 e. The second-order valence-corrected chi connectivity index (χ2v) is 8.48. The minimum atomic E-state index is -0.590. The summed E-state index contributed by atoms with van der Waals surface area (Å²) in [7, 11) is 3.22. The molecule has 0 saturated carbocycles. The van der Waals surface area contributed by atoms with Crippen molar-refractivity contribution in [3.63, 3.8) is 0 Å². The van der Waals surface area contributed by atoms with Gasteiger partial charge < -0.3 is 29.0 Å². The number of hydrogen-bond donors (Lipinski definition) is 1. The highest BCUT2D eigenvalue weighted by atomic mass is 16.5. The van der Waals surface area contributed by atoms with E-state index in [1.54, 1.807) is 26.5 Å². The van der Waals surface area contributed by atoms with E-state index in [2.05, 4.69) is 25.2 Å². The Morgan fingerprint density at radius 1 is 1.12 bits per heavy atom. The molecule has 178 valence electrons. The third-order valence-corrected chi connectivity index (χ3v) is 6.58. The van der Waals surface area contributed by atoms with Gasteiger partial charge in [-0.3, -0.25) is 4.79 Å². The third kappa shape index (κ3) is 4.16. The van der Waals surface area contributed by atoms with Crippen molar-refractivity contribution in [1.29, 1.82) is 0 Å². The Morgan fingerprint density at radius 2 is 1.97 bits per heavy atom. The van der Waals surface area contributed by atoms with E-state index in [9.17, 15) is 4.79 Å². The minimum Gasteiger partial charge on any atom is -0.497 e. The van der Waals surface area contributed by atoms with Crippen molar-refractivity contribution in [1.82, 2.24) is 25.2 Å². The number of anilines is 1. The van der Waals surface area contributed by atoms with E-state index in [4.69, 9.17) is 13.9 Å². The molecule has 2 aliphatic heterocycles. The molecule has 2 saturated heterocycles. The van der Waals surface area contributed by atoms with Gasteiger partial charge in [0.1, 0.15) is 17.0 Å². The summed E-state index contributed by atoms with van der Waals surface area (Å²) in [5.41, 5.74) is 1.02. The molecule has 10 heteroatoms. The normalized spacial score (nSPS) is 17.8. The van der Waals surface area contributed by atoms with Crippen molar-refractivity contribution in [3.8, 4) is 23.0 Å². The lowest BCUT2D eigenvalue weighted by molar-refractivity contribution is -0.143. The third-order valence-electron chi connectivity index (χ3n) is 6.58. The van der Waals surface area contributed by atoms with Gasteiger partial charge in [0, 0.05) is 44.0 Å². The number of nitrogens with zero attached hydrogens (tertiary/aromatic N) is 5. The van der Waals surface area contributed by atoms with Gasteiger partial charge in [0.2, 0.25) is 17.7 Å². The number of piperazine rings is 1. The minimum absolute atomic E-state index is 0.101. The number of rotatable bonds is 6. The maximum atomic E-state index is 13.6. The number of nitrogens with one attached hydrogen (secondary N) is 1. The molecular formula is C24H28N6O4. The molecule has 0 aliphatic carbocycles. The summed E-state index contributed by atoms with van der Waals surface area (Å²) in [6, 6.07) is 9.37. The van der Waals surface area contributed by atoms with Crippen LogP contribution in [0.3, 0.4) is 0 Å². The van der Waals surface area contributed by atoms with E-state index >= 15 is 0 Å². The monoisotopic (exact) mass is 464 g/mol. The Bertz CT molecular complexity index is 1160. The Kier molecular flexibility index (Phi) is 6.06. The molecule has 2 aliphatic rings. The number of oxazole rings is 1. The summed E-state index contributed by atoms with van der Waals surface area (Å²) in [5, 5.41) is 3.51. The molecule has 1 amide bonds. The number of carbonyl (C=O) groups excluding carboxylic acids is 1. The molecule has 3 aromatic rings. The van der Waals surface area contributed by atoms with Crippen LogP contribution in [0.1, 0.15) is 18.5 Å². The van der Waals surface area contributed by atoms with E-state index in [0.29, 0.717) is 56.6 Å². The highest BCUT2D eigenvalue weighted by molar-refractivity contribution is 5.87. The van der Waals surface area contributed by atoms with E-state index in [1.165, 1.54) is 6.39 Å². The maximum Gasteiger partial charge on any atom is 0.243 e. The Balaban J connectivity index is 1.29. The molecule has 0 bridgehead atoms. The molecule has 4 heterocycles. The first-order chi connectivity index (χ1) is 16.6. The molecule has 0 unspecified atom stereocenters. The first-order valence-electron chi connectivity index (χ1n) is 11.3. The fraction of sp³-hybridized carbons (Fsp3) is 0.417. The Labute approximate surface area is 197 Å². The van der Waals surface area contributed by atoms with Gasteiger partial charge in [-0.1, -0.05) is 12.1 Å². The second kappa shape index (κ2) is 9.30. The average Bonchev–Trinajstić information content (AvgIpc) is 3.35. The summed E-state index contributed by atoms with van der Waals surface area (Å²) in [4.78, 5) is 30.8. The van der Waals surface area contributed by atoms with Crippen LogP contribution in [0.2, 0.25) is 0 Å². The highest BCUT2D eigenvalue weighted by Crippen LogP contribution is 2.31. The van der Waals surface area contributed by atoms with Crippen LogP contribution in [-0.2, 0) is 11.3 Å². The van der Waals surface area contributed by atoms with Gasteiger partial charge in [-0.2, -0.15) is 4.98 Å². The largest absolute Gasteiger partial charge is 0.497 e. The lowest BCUT2D eigenvalue weighted by atomic mass is 9.84. The van der Waals surface area contributed by atoms with Gasteiger partial charge in [-0.15, -0.1) is 0 Å². The molecule has 1 N–H and O–H groups in total. The predicted octanol–water partition coefficient (Wildman–Crippen LogP) is 2.12. The SMILES string of the molecule is COc1cccc(-c2ocnc2CN2CCNC3(CCN(c4nccc(OC)n4)CC3)C2=O)c1. The number of carbonyl (C=O) groups is 1. The van der Waals surface area contributed by atoms with Crippen molar-refractivity contribution in [3.05, 3.63) is 48.6 Å². The number of aromatic nitrogens is 3. The van der Waals surface area contributed by atoms with E-state index < -0.39 is 5.54 Å². The standard InChI is InChI=1S/C24H28N6O4/c1-32-18-5-3-4-17(14-18)21-19(26-16-34-21)15-30-13-10-27-24(22(30)31)7-11-29(12-8-24)23-25-9-6-20(28-23)33-2/h3-6,9,14,16,27H,7-8,10-13,15H2,1-2H3. The van der Waals surface area contributed by atoms with Crippen LogP contribution in [0.15, 0.2) is 47.3 Å². The van der Waals surface area contributed by atoms with Gasteiger partial charge in [-0.25, -0.2) is 9.97 Å². The van der Waals surface area contributed by atoms with Crippen molar-refractivity contribution >= 4 is 11.9 Å². The van der Waals surface area contributed by atoms with Crippen molar-refractivity contribution in [2.24, 2.45) is 0 Å². The predicted molar refractivity (Wildman–Crippen MR) is 125 cm³/mol. The molecule has 0 radical (unpaired) electrons. The van der Waals surface area contributed by atoms with Gasteiger partial charge >= 0.3 is 0 Å². The molecule has 34 heavy (non-hydrogen) atoms. The van der Waals surface area contributed by atoms with Gasteiger partial charge in [-0.05, 0) is 25.0 Å². The fourth-order valence-electron chi connectivity index (χ4n) is 4.70. The van der Waals surface area contributed by atoms with Crippen LogP contribution in [0.25, 0.3) is 11.3 Å². The van der Waals surface area contributed by atoms with Crippen molar-refractivity contribution < 1.29 is 18.7 Å². The number of hydrogen-bond acceptors (Lipinski definition) is 9. The van der Waals surface area contributed by atoms with Gasteiger partial charge in [0.05, 0.1) is 20.8 Å². The zero-order chi connectivity index (χ0) is 23.5. The van der Waals surface area contributed by atoms with Gasteiger partial charge in [0.15, 0.2) is 12.2 Å². The highest BCUT2D eigenvalue weighted by Gasteiger charge is 2.46. The first-order valence-corrected chi connectivity index (χ1v) is 11.3. The quantitative estimate of drug-likeness (QED) is 0.587. The molecule has 1 spiro atoms. The molecule has 0 atom stereocenters. The van der Waals surface area contributed by atoms with Crippen LogP contribution in [0, 0.1) is 0 Å². The second-order valence-electron chi connectivity index (χ2n) is 8.48. The Hall–Kier alpha value is -3.66. The van der Waals surface area contributed by atoms with Crippen LogP contribution in [-0.4, -0.2) is 71.7 Å². The zero-order valence-electron chi connectivity index (χ0n) is 19.4. The van der Waals surface area contributed by atoms with E-state index in [-0.39, 0.29) is 5.91 Å². The molecule has 10 nitrogen and oxygen atoms in total. The van der Waals surface area contributed by atoms with E-state index in [0.717, 1.165) is 23.6 Å². The van der Waals surface area contributed by atoms with Crippen LogP contribution < -0.4 is 19.7 Å². The van der Waals surface area contributed by atoms with Crippen molar-refractivity contribution in [2.75, 3.05) is 45.3 Å². The maximum absolute atomic E-state index is 13.6. The number of benzene rings is 1. The summed E-state index contributed by atoms with van der Waals surface area (Å²) in [6.45, 7) is 3.10. The summed E-state index contributed by atoms with van der Waals surface area (Å²) >= 11 is 0. The molecular weight excluding hydrogens is 436 g/mol. The number of piperidine rings is 1. The Morgan fingerprint density at radius 3 is 2.76 bits per heavy atom. The van der Waals surface area contributed by atoms with Crippen LogP contribution >= 0.6 is 0 Å². The fourth-order valence-corrected chi connectivity index (χ4v) is 4.70. The summed E-state index contributed by atoms with van der Waals surface area (Å²) in [6.07, 6.45) is 4.46. The number of ether oxygens (including phenoxy) is 2. The molecule has 2 fully saturated rings. The molecule has 2 aromatic heterocycles. The average molecular weight is 465 g/mol. The first kappa shape index (κ1) is 22.1.